The first-order chi connectivity index (χ1) is 8.13. The van der Waals surface area contributed by atoms with Gasteiger partial charge in [-0.15, -0.1) is 0 Å². The molecule has 1 rings (SSSR count). The van der Waals surface area contributed by atoms with Crippen molar-refractivity contribution in [1.29, 1.82) is 0 Å². The molecule has 1 N–H and O–H groups in total. The summed E-state index contributed by atoms with van der Waals surface area (Å²) in [5.74, 6) is -0.0370. The number of hydrogen-bond donors (Lipinski definition) is 1. The van der Waals surface area contributed by atoms with E-state index in [1.807, 2.05) is 19.1 Å². The monoisotopic (exact) mass is 365 g/mol. The average Bonchev–Trinajstić information content (AvgIpc) is 2.27. The smallest absolute Gasteiger partial charge is 0.251 e. The van der Waals surface area contributed by atoms with Crippen molar-refractivity contribution in [1.82, 2.24) is 5.32 Å². The fourth-order valence-electron chi connectivity index (χ4n) is 1.57. The Morgan fingerprint density at radius 3 is 2.71 bits per heavy atom. The van der Waals surface area contributed by atoms with Crippen LogP contribution in [0.4, 0.5) is 0 Å². The van der Waals surface area contributed by atoms with Gasteiger partial charge in [-0.25, -0.2) is 0 Å². The average molecular weight is 366 g/mol. The molecular weight excluding hydrogens is 349 g/mol. The lowest BCUT2D eigenvalue weighted by Crippen LogP contribution is -2.24. The zero-order valence-corrected chi connectivity index (χ0v) is 12.8. The van der Waals surface area contributed by atoms with Gasteiger partial charge >= 0.3 is 0 Å². The van der Waals surface area contributed by atoms with Crippen LogP contribution in [-0.4, -0.2) is 16.9 Å². The Kier molecular flexibility index (Phi) is 6.89. The van der Waals surface area contributed by atoms with Gasteiger partial charge in [-0.2, -0.15) is 0 Å². The van der Waals surface area contributed by atoms with E-state index in [-0.39, 0.29) is 5.91 Å². The van der Waals surface area contributed by atoms with Crippen LogP contribution >= 0.6 is 34.2 Å². The molecule has 0 aliphatic heterocycles. The zero-order chi connectivity index (χ0) is 12.7. The lowest BCUT2D eigenvalue weighted by atomic mass is 10.1. The third-order valence-corrected chi connectivity index (χ3v) is 3.38. The first kappa shape index (κ1) is 14.8. The van der Waals surface area contributed by atoms with Crippen LogP contribution < -0.4 is 5.32 Å². The first-order valence-corrected chi connectivity index (χ1v) is 7.65. The fourth-order valence-corrected chi connectivity index (χ4v) is 2.40. The number of carbonyl (C=O) groups excluding carboxylic acids is 1. The van der Waals surface area contributed by atoms with Crippen molar-refractivity contribution in [2.45, 2.75) is 26.2 Å². The Morgan fingerprint density at radius 1 is 1.29 bits per heavy atom. The topological polar surface area (TPSA) is 29.1 Å². The molecule has 0 unspecified atom stereocenters. The minimum Gasteiger partial charge on any atom is -0.352 e. The fraction of sp³-hybridized carbons (Fsp3) is 0.462. The number of halogens is 2. The molecule has 0 saturated carbocycles. The Balaban J connectivity index is 2.41. The summed E-state index contributed by atoms with van der Waals surface area (Å²) >= 11 is 8.28. The van der Waals surface area contributed by atoms with Crippen molar-refractivity contribution in [2.75, 3.05) is 11.0 Å². The molecule has 1 aromatic carbocycles. The first-order valence-electron chi connectivity index (χ1n) is 5.75. The molecule has 2 nitrogen and oxygen atoms in total. The van der Waals surface area contributed by atoms with Crippen LogP contribution in [0.3, 0.4) is 0 Å². The van der Waals surface area contributed by atoms with Crippen molar-refractivity contribution in [3.8, 4) is 0 Å². The second-order valence-electron chi connectivity index (χ2n) is 4.02. The number of amides is 1. The van der Waals surface area contributed by atoms with Crippen molar-refractivity contribution in [3.63, 3.8) is 0 Å². The van der Waals surface area contributed by atoms with Gasteiger partial charge in [0, 0.05) is 17.1 Å². The van der Waals surface area contributed by atoms with Crippen LogP contribution in [0.25, 0.3) is 0 Å². The van der Waals surface area contributed by atoms with Gasteiger partial charge in [0.25, 0.3) is 5.91 Å². The third kappa shape index (κ3) is 5.73. The predicted molar refractivity (Wildman–Crippen MR) is 81.3 cm³/mol. The van der Waals surface area contributed by atoms with E-state index in [4.69, 9.17) is 11.6 Å². The molecule has 0 fully saturated rings. The van der Waals surface area contributed by atoms with Crippen molar-refractivity contribution in [3.05, 3.63) is 34.3 Å². The van der Waals surface area contributed by atoms with Crippen LogP contribution in [0, 0.1) is 6.92 Å². The highest BCUT2D eigenvalue weighted by Crippen LogP contribution is 2.14. The molecule has 0 saturated heterocycles. The summed E-state index contributed by atoms with van der Waals surface area (Å²) in [5, 5.41) is 3.52. The molecule has 1 aromatic rings. The maximum absolute atomic E-state index is 11.8. The van der Waals surface area contributed by atoms with E-state index >= 15 is 0 Å². The normalized spacial score (nSPS) is 10.3. The van der Waals surface area contributed by atoms with Crippen LogP contribution in [0.5, 0.6) is 0 Å². The highest BCUT2D eigenvalue weighted by molar-refractivity contribution is 14.1. The Labute approximate surface area is 121 Å². The number of benzene rings is 1. The number of alkyl halides is 1. The largest absolute Gasteiger partial charge is 0.352 e. The summed E-state index contributed by atoms with van der Waals surface area (Å²) < 4.78 is 1.18. The van der Waals surface area contributed by atoms with Crippen LogP contribution in [0.15, 0.2) is 18.2 Å². The molecule has 0 radical (unpaired) electrons. The standard InChI is InChI=1S/C13H17ClINO/c1-10-7-11(9-12(14)8-10)13(17)16-6-4-2-3-5-15/h7-9H,2-6H2,1H3,(H,16,17). The van der Waals surface area contributed by atoms with Gasteiger partial charge in [-0.3, -0.25) is 4.79 Å². The van der Waals surface area contributed by atoms with Crippen LogP contribution in [0.2, 0.25) is 5.02 Å². The van der Waals surface area contributed by atoms with E-state index in [9.17, 15) is 4.79 Å². The maximum Gasteiger partial charge on any atom is 0.251 e. The SMILES string of the molecule is Cc1cc(Cl)cc(C(=O)NCCCCCI)c1. The van der Waals surface area contributed by atoms with E-state index in [0.29, 0.717) is 10.6 Å². The summed E-state index contributed by atoms with van der Waals surface area (Å²) in [5.41, 5.74) is 1.65. The molecule has 0 heterocycles. The molecule has 94 valence electrons. The summed E-state index contributed by atoms with van der Waals surface area (Å²) in [6.07, 6.45) is 3.42. The molecule has 1 amide bonds. The molecule has 0 aromatic heterocycles. The van der Waals surface area contributed by atoms with Gasteiger partial charge in [0.1, 0.15) is 0 Å². The quantitative estimate of drug-likeness (QED) is 0.461. The van der Waals surface area contributed by atoms with Crippen LogP contribution in [0.1, 0.15) is 35.2 Å². The second kappa shape index (κ2) is 7.93. The molecular formula is C13H17ClINO. The van der Waals surface area contributed by atoms with Crippen LogP contribution in [-0.2, 0) is 0 Å². The van der Waals surface area contributed by atoms with Crippen molar-refractivity contribution in [2.24, 2.45) is 0 Å². The number of nitrogens with one attached hydrogen (secondary N) is 1. The number of hydrogen-bond acceptors (Lipinski definition) is 1. The number of rotatable bonds is 6. The van der Waals surface area contributed by atoms with E-state index < -0.39 is 0 Å². The van der Waals surface area contributed by atoms with E-state index in [1.54, 1.807) is 6.07 Å². The van der Waals surface area contributed by atoms with Gasteiger partial charge < -0.3 is 5.32 Å². The second-order valence-corrected chi connectivity index (χ2v) is 5.54. The number of carbonyl (C=O) groups is 1. The highest BCUT2D eigenvalue weighted by atomic mass is 127. The molecule has 0 aliphatic rings. The lowest BCUT2D eigenvalue weighted by molar-refractivity contribution is 0.0953. The van der Waals surface area contributed by atoms with Gasteiger partial charge in [0.15, 0.2) is 0 Å². The molecule has 4 heteroatoms. The van der Waals surface area contributed by atoms with E-state index in [2.05, 4.69) is 27.9 Å². The summed E-state index contributed by atoms with van der Waals surface area (Å²) in [4.78, 5) is 11.8. The zero-order valence-electron chi connectivity index (χ0n) is 9.93. The third-order valence-electron chi connectivity index (χ3n) is 2.40. The highest BCUT2D eigenvalue weighted by Gasteiger charge is 2.06. The molecule has 17 heavy (non-hydrogen) atoms. The minimum atomic E-state index is -0.0370. The lowest BCUT2D eigenvalue weighted by Gasteiger charge is -2.06. The predicted octanol–water partition coefficient (Wildman–Crippen LogP) is 3.98. The number of unbranched alkanes of at least 4 members (excludes halogenated alkanes) is 2. The van der Waals surface area contributed by atoms with Gasteiger partial charge in [-0.05, 0) is 48.0 Å². The van der Waals surface area contributed by atoms with Crippen molar-refractivity contribution >= 4 is 40.1 Å². The van der Waals surface area contributed by atoms with E-state index in [1.165, 1.54) is 10.8 Å². The van der Waals surface area contributed by atoms with Gasteiger partial charge in [0.2, 0.25) is 0 Å². The molecule has 0 aliphatic carbocycles. The molecule has 0 bridgehead atoms. The Morgan fingerprint density at radius 2 is 2.06 bits per heavy atom. The van der Waals surface area contributed by atoms with Gasteiger partial charge in [0.05, 0.1) is 0 Å². The Bertz CT molecular complexity index is 361. The molecule has 0 atom stereocenters. The number of aryl methyl sites for hydroxylation is 1. The summed E-state index contributed by atoms with van der Waals surface area (Å²) in [7, 11) is 0. The Hall–Kier alpha value is -0.290. The summed E-state index contributed by atoms with van der Waals surface area (Å²) in [6, 6.07) is 5.40. The maximum atomic E-state index is 11.8. The van der Waals surface area contributed by atoms with Gasteiger partial charge in [-0.1, -0.05) is 40.6 Å². The minimum absolute atomic E-state index is 0.0370. The van der Waals surface area contributed by atoms with Crippen molar-refractivity contribution < 1.29 is 4.79 Å². The summed E-state index contributed by atoms with van der Waals surface area (Å²) in [6.45, 7) is 2.67. The van der Waals surface area contributed by atoms with E-state index in [0.717, 1.165) is 24.9 Å². The molecule has 0 spiro atoms.